The van der Waals surface area contributed by atoms with Gasteiger partial charge in [0.2, 0.25) is 0 Å². The molecule has 0 aliphatic rings. The van der Waals surface area contributed by atoms with E-state index in [0.717, 1.165) is 0 Å². The summed E-state index contributed by atoms with van der Waals surface area (Å²) in [6.45, 7) is 6.32. The van der Waals surface area contributed by atoms with Crippen LogP contribution in [-0.2, 0) is 10.0 Å². The number of amides is 1. The first-order valence-corrected chi connectivity index (χ1v) is 10.0. The summed E-state index contributed by atoms with van der Waals surface area (Å²) in [5, 5.41) is 2.79. The van der Waals surface area contributed by atoms with E-state index in [1.54, 1.807) is 24.3 Å². The molecule has 154 valence electrons. The molecule has 2 aromatic carbocycles. The summed E-state index contributed by atoms with van der Waals surface area (Å²) in [7, 11) is -3.76. The second kappa shape index (κ2) is 9.77. The zero-order valence-corrected chi connectivity index (χ0v) is 17.7. The van der Waals surface area contributed by atoms with Crippen LogP contribution in [0.2, 0.25) is 0 Å². The quantitative estimate of drug-likeness (QED) is 0.599. The van der Waals surface area contributed by atoms with Crippen LogP contribution in [0, 0.1) is 0 Å². The van der Waals surface area contributed by atoms with Gasteiger partial charge in [0.1, 0.15) is 5.75 Å². The standard InChI is InChI=1S/C19H25N3O4S.ClH/c1-4-26-16-9-7-15(8-10-16)22-27(24,25)17-11-5-14(6-12-17)18(23)21-19(2,3)13-20;/h5-12,22H,4,13,20H2,1-3H3,(H,21,23);1H. The van der Waals surface area contributed by atoms with Crippen molar-refractivity contribution in [2.45, 2.75) is 31.2 Å². The van der Waals surface area contributed by atoms with Crippen molar-refractivity contribution in [2.24, 2.45) is 5.73 Å². The Labute approximate surface area is 172 Å². The highest BCUT2D eigenvalue weighted by atomic mass is 35.5. The van der Waals surface area contributed by atoms with Crippen LogP contribution in [0.25, 0.3) is 0 Å². The number of ether oxygens (including phenoxy) is 1. The van der Waals surface area contributed by atoms with Crippen LogP contribution < -0.4 is 20.5 Å². The third-order valence-electron chi connectivity index (χ3n) is 3.81. The predicted octanol–water partition coefficient (Wildman–Crippen LogP) is 2.77. The van der Waals surface area contributed by atoms with E-state index in [-0.39, 0.29) is 29.8 Å². The van der Waals surface area contributed by atoms with Gasteiger partial charge in [-0.2, -0.15) is 0 Å². The second-order valence-electron chi connectivity index (χ2n) is 6.63. The molecule has 0 aliphatic heterocycles. The molecule has 0 aliphatic carbocycles. The molecule has 0 spiro atoms. The predicted molar refractivity (Wildman–Crippen MR) is 113 cm³/mol. The molecule has 28 heavy (non-hydrogen) atoms. The van der Waals surface area contributed by atoms with E-state index in [0.29, 0.717) is 23.6 Å². The van der Waals surface area contributed by atoms with Crippen molar-refractivity contribution in [1.82, 2.24) is 5.32 Å². The van der Waals surface area contributed by atoms with Crippen LogP contribution in [0.3, 0.4) is 0 Å². The van der Waals surface area contributed by atoms with E-state index in [2.05, 4.69) is 10.0 Å². The van der Waals surface area contributed by atoms with Crippen LogP contribution in [0.15, 0.2) is 53.4 Å². The van der Waals surface area contributed by atoms with Gasteiger partial charge in [-0.15, -0.1) is 12.4 Å². The fourth-order valence-corrected chi connectivity index (χ4v) is 3.27. The maximum atomic E-state index is 12.5. The van der Waals surface area contributed by atoms with Gasteiger partial charge in [-0.3, -0.25) is 9.52 Å². The van der Waals surface area contributed by atoms with E-state index >= 15 is 0 Å². The van der Waals surface area contributed by atoms with Gasteiger partial charge in [0.25, 0.3) is 15.9 Å². The van der Waals surface area contributed by atoms with Gasteiger partial charge in [-0.1, -0.05) is 0 Å². The molecule has 0 atom stereocenters. The van der Waals surface area contributed by atoms with Crippen LogP contribution in [0.4, 0.5) is 5.69 Å². The minimum atomic E-state index is -3.76. The van der Waals surface area contributed by atoms with Crippen molar-refractivity contribution in [1.29, 1.82) is 0 Å². The molecule has 0 saturated carbocycles. The molecule has 0 fully saturated rings. The van der Waals surface area contributed by atoms with Crippen molar-refractivity contribution in [3.05, 3.63) is 54.1 Å². The molecule has 0 bridgehead atoms. The third kappa shape index (κ3) is 6.40. The van der Waals surface area contributed by atoms with Gasteiger partial charge in [-0.05, 0) is 69.3 Å². The maximum Gasteiger partial charge on any atom is 0.261 e. The summed E-state index contributed by atoms with van der Waals surface area (Å²) >= 11 is 0. The minimum Gasteiger partial charge on any atom is -0.494 e. The number of benzene rings is 2. The Hall–Kier alpha value is -2.29. The van der Waals surface area contributed by atoms with Gasteiger partial charge in [0.05, 0.1) is 11.5 Å². The van der Waals surface area contributed by atoms with Gasteiger partial charge in [0, 0.05) is 23.3 Å². The van der Waals surface area contributed by atoms with Crippen LogP contribution >= 0.6 is 12.4 Å². The lowest BCUT2D eigenvalue weighted by molar-refractivity contribution is 0.0915. The summed E-state index contributed by atoms with van der Waals surface area (Å²) in [6.07, 6.45) is 0. The Morgan fingerprint density at radius 3 is 2.14 bits per heavy atom. The molecule has 2 aromatic rings. The van der Waals surface area contributed by atoms with Gasteiger partial charge in [0.15, 0.2) is 0 Å². The lowest BCUT2D eigenvalue weighted by atomic mass is 10.1. The largest absolute Gasteiger partial charge is 0.494 e. The van der Waals surface area contributed by atoms with Crippen molar-refractivity contribution in [2.75, 3.05) is 17.9 Å². The van der Waals surface area contributed by atoms with Crippen molar-refractivity contribution < 1.29 is 17.9 Å². The number of halogens is 1. The summed E-state index contributed by atoms with van der Waals surface area (Å²) in [6, 6.07) is 12.3. The second-order valence-corrected chi connectivity index (χ2v) is 8.31. The molecule has 9 heteroatoms. The highest BCUT2D eigenvalue weighted by Crippen LogP contribution is 2.20. The van der Waals surface area contributed by atoms with E-state index in [1.807, 2.05) is 20.8 Å². The van der Waals surface area contributed by atoms with Crippen molar-refractivity contribution in [3.8, 4) is 5.75 Å². The minimum absolute atomic E-state index is 0. The van der Waals surface area contributed by atoms with E-state index in [1.165, 1.54) is 24.3 Å². The Balaban J connectivity index is 0.00000392. The van der Waals surface area contributed by atoms with Crippen LogP contribution in [0.1, 0.15) is 31.1 Å². The smallest absolute Gasteiger partial charge is 0.261 e. The van der Waals surface area contributed by atoms with Crippen LogP contribution in [-0.4, -0.2) is 33.0 Å². The van der Waals surface area contributed by atoms with Crippen molar-refractivity contribution in [3.63, 3.8) is 0 Å². The highest BCUT2D eigenvalue weighted by Gasteiger charge is 2.20. The monoisotopic (exact) mass is 427 g/mol. The molecule has 0 heterocycles. The fourth-order valence-electron chi connectivity index (χ4n) is 2.22. The Morgan fingerprint density at radius 1 is 1.07 bits per heavy atom. The molecule has 0 unspecified atom stereocenters. The lowest BCUT2D eigenvalue weighted by Crippen LogP contribution is -2.48. The summed E-state index contributed by atoms with van der Waals surface area (Å²) in [5.41, 5.74) is 5.84. The maximum absolute atomic E-state index is 12.5. The number of carbonyl (C=O) groups excluding carboxylic acids is 1. The average molecular weight is 428 g/mol. The zero-order chi connectivity index (χ0) is 20.1. The summed E-state index contributed by atoms with van der Waals surface area (Å²) in [5.74, 6) is 0.352. The number of rotatable bonds is 8. The van der Waals surface area contributed by atoms with E-state index < -0.39 is 15.6 Å². The highest BCUT2D eigenvalue weighted by molar-refractivity contribution is 7.92. The third-order valence-corrected chi connectivity index (χ3v) is 5.20. The number of sulfonamides is 1. The Bertz CT molecular complexity index is 882. The zero-order valence-electron chi connectivity index (χ0n) is 16.1. The molecule has 0 radical (unpaired) electrons. The Kier molecular flexibility index (Phi) is 8.29. The first-order chi connectivity index (χ1) is 12.7. The number of anilines is 1. The van der Waals surface area contributed by atoms with Gasteiger partial charge >= 0.3 is 0 Å². The number of hydrogen-bond acceptors (Lipinski definition) is 5. The van der Waals surface area contributed by atoms with Crippen molar-refractivity contribution >= 4 is 34.0 Å². The normalized spacial score (nSPS) is 11.3. The number of hydrogen-bond donors (Lipinski definition) is 3. The molecular formula is C19H26ClN3O4S. The molecule has 7 nitrogen and oxygen atoms in total. The molecule has 1 amide bonds. The summed E-state index contributed by atoms with van der Waals surface area (Å²) in [4.78, 5) is 12.3. The first kappa shape index (κ1) is 23.7. The fraction of sp³-hybridized carbons (Fsp3) is 0.316. The van der Waals surface area contributed by atoms with E-state index in [4.69, 9.17) is 10.5 Å². The molecule has 0 aromatic heterocycles. The Morgan fingerprint density at radius 2 is 1.64 bits per heavy atom. The molecule has 4 N–H and O–H groups in total. The van der Waals surface area contributed by atoms with Gasteiger partial charge in [-0.25, -0.2) is 8.42 Å². The number of carbonyl (C=O) groups is 1. The topological polar surface area (TPSA) is 111 Å². The molecular weight excluding hydrogens is 402 g/mol. The SMILES string of the molecule is CCOc1ccc(NS(=O)(=O)c2ccc(C(=O)NC(C)(C)CN)cc2)cc1.Cl. The van der Waals surface area contributed by atoms with Crippen LogP contribution in [0.5, 0.6) is 5.75 Å². The number of nitrogens with one attached hydrogen (secondary N) is 2. The van der Waals surface area contributed by atoms with E-state index in [9.17, 15) is 13.2 Å². The van der Waals surface area contributed by atoms with Gasteiger partial charge < -0.3 is 15.8 Å². The number of nitrogens with two attached hydrogens (primary N) is 1. The lowest BCUT2D eigenvalue weighted by Gasteiger charge is -2.24. The molecule has 2 rings (SSSR count). The summed E-state index contributed by atoms with van der Waals surface area (Å²) < 4.78 is 32.8. The first-order valence-electron chi connectivity index (χ1n) is 8.55. The average Bonchev–Trinajstić information content (AvgIpc) is 2.63. The molecule has 0 saturated heterocycles.